The molecule has 0 unspecified atom stereocenters. The monoisotopic (exact) mass is 318 g/mol. The molecule has 0 aliphatic heterocycles. The lowest BCUT2D eigenvalue weighted by Gasteiger charge is -2.10. The first-order valence-corrected chi connectivity index (χ1v) is 8.01. The molecule has 0 atom stereocenters. The Labute approximate surface area is 127 Å². The molecule has 2 aromatic carbocycles. The highest BCUT2D eigenvalue weighted by atomic mass is 32.2. The number of methoxy groups -OCH3 is 1. The first kappa shape index (κ1) is 14.4. The van der Waals surface area contributed by atoms with Crippen molar-refractivity contribution in [2.24, 2.45) is 0 Å². The van der Waals surface area contributed by atoms with E-state index in [0.717, 1.165) is 5.56 Å². The number of fused-ring (bicyclic) bond motifs is 1. The van der Waals surface area contributed by atoms with Crippen molar-refractivity contribution in [3.05, 3.63) is 48.0 Å². The fourth-order valence-electron chi connectivity index (χ4n) is 2.14. The van der Waals surface area contributed by atoms with Gasteiger partial charge in [-0.15, -0.1) is 0 Å². The molecule has 114 valence electrons. The first-order chi connectivity index (χ1) is 10.5. The van der Waals surface area contributed by atoms with Gasteiger partial charge in [-0.1, -0.05) is 23.4 Å². The second-order valence-electron chi connectivity index (χ2n) is 4.79. The number of aromatic nitrogens is 1. The molecular weight excluding hydrogens is 304 g/mol. The molecule has 7 heteroatoms. The van der Waals surface area contributed by atoms with Crippen molar-refractivity contribution in [2.75, 3.05) is 11.8 Å². The summed E-state index contributed by atoms with van der Waals surface area (Å²) < 4.78 is 37.9. The zero-order valence-electron chi connectivity index (χ0n) is 12.0. The quantitative estimate of drug-likeness (QED) is 0.800. The highest BCUT2D eigenvalue weighted by molar-refractivity contribution is 7.92. The number of nitrogens with one attached hydrogen (secondary N) is 1. The minimum absolute atomic E-state index is 0.0575. The molecule has 22 heavy (non-hydrogen) atoms. The molecule has 1 N–H and O–H groups in total. The van der Waals surface area contributed by atoms with Crippen molar-refractivity contribution >= 4 is 26.8 Å². The largest absolute Gasteiger partial charge is 0.495 e. The molecule has 0 aliphatic rings. The number of sulfonamides is 1. The Kier molecular flexibility index (Phi) is 3.50. The van der Waals surface area contributed by atoms with E-state index in [4.69, 9.17) is 9.26 Å². The van der Waals surface area contributed by atoms with Crippen molar-refractivity contribution < 1.29 is 17.7 Å². The van der Waals surface area contributed by atoms with Crippen LogP contribution in [0.25, 0.3) is 11.0 Å². The Balaban J connectivity index is 2.06. The zero-order valence-corrected chi connectivity index (χ0v) is 12.8. The van der Waals surface area contributed by atoms with Crippen molar-refractivity contribution in [2.45, 2.75) is 11.8 Å². The molecule has 0 fully saturated rings. The van der Waals surface area contributed by atoms with Crippen molar-refractivity contribution in [3.8, 4) is 5.75 Å². The molecular formula is C15H14N2O4S. The smallest absolute Gasteiger partial charge is 0.266 e. The van der Waals surface area contributed by atoms with Gasteiger partial charge in [0.2, 0.25) is 0 Å². The van der Waals surface area contributed by atoms with E-state index in [9.17, 15) is 8.42 Å². The van der Waals surface area contributed by atoms with Crippen molar-refractivity contribution in [3.63, 3.8) is 0 Å². The second kappa shape index (κ2) is 5.34. The lowest BCUT2D eigenvalue weighted by atomic mass is 10.2. The van der Waals surface area contributed by atoms with Crippen LogP contribution in [0.3, 0.4) is 0 Å². The topological polar surface area (TPSA) is 81.4 Å². The van der Waals surface area contributed by atoms with Crippen LogP contribution in [0, 0.1) is 6.92 Å². The van der Waals surface area contributed by atoms with E-state index in [1.165, 1.54) is 7.11 Å². The fourth-order valence-corrected chi connectivity index (χ4v) is 3.40. The van der Waals surface area contributed by atoms with Gasteiger partial charge in [0.1, 0.15) is 10.6 Å². The van der Waals surface area contributed by atoms with Crippen LogP contribution in [0.5, 0.6) is 5.75 Å². The summed E-state index contributed by atoms with van der Waals surface area (Å²) in [5.74, 6) is 0.421. The molecule has 0 amide bonds. The normalized spacial score (nSPS) is 11.5. The fraction of sp³-hybridized carbons (Fsp3) is 0.133. The van der Waals surface area contributed by atoms with Crippen LogP contribution >= 0.6 is 0 Å². The van der Waals surface area contributed by atoms with E-state index in [2.05, 4.69) is 9.88 Å². The van der Waals surface area contributed by atoms with Gasteiger partial charge in [-0.3, -0.25) is 4.72 Å². The third kappa shape index (κ3) is 2.50. The Morgan fingerprint density at radius 1 is 1.18 bits per heavy atom. The van der Waals surface area contributed by atoms with Gasteiger partial charge in [0.25, 0.3) is 10.0 Å². The van der Waals surface area contributed by atoms with E-state index in [0.29, 0.717) is 11.0 Å². The number of para-hydroxylation sites is 1. The van der Waals surface area contributed by atoms with E-state index >= 15 is 0 Å². The SMILES string of the molecule is COc1ccc(C)cc1S(=O)(=O)Nc1noc2ccccc12. The molecule has 1 aromatic heterocycles. The average Bonchev–Trinajstić information content (AvgIpc) is 2.90. The van der Waals surface area contributed by atoms with E-state index < -0.39 is 10.0 Å². The number of aryl methyl sites for hydroxylation is 1. The highest BCUT2D eigenvalue weighted by Crippen LogP contribution is 2.29. The predicted octanol–water partition coefficient (Wildman–Crippen LogP) is 2.95. The summed E-state index contributed by atoms with van der Waals surface area (Å²) in [5.41, 5.74) is 1.32. The van der Waals surface area contributed by atoms with Gasteiger partial charge in [-0.05, 0) is 36.8 Å². The van der Waals surface area contributed by atoms with Gasteiger partial charge < -0.3 is 9.26 Å². The molecule has 6 nitrogen and oxygen atoms in total. The zero-order chi connectivity index (χ0) is 15.7. The van der Waals surface area contributed by atoms with Crippen LogP contribution in [-0.4, -0.2) is 20.7 Å². The van der Waals surface area contributed by atoms with Gasteiger partial charge in [-0.2, -0.15) is 0 Å². The van der Waals surface area contributed by atoms with Crippen LogP contribution in [-0.2, 0) is 10.0 Å². The molecule has 0 saturated heterocycles. The maximum Gasteiger partial charge on any atom is 0.266 e. The summed E-state index contributed by atoms with van der Waals surface area (Å²) in [6, 6.07) is 12.0. The summed E-state index contributed by atoms with van der Waals surface area (Å²) >= 11 is 0. The van der Waals surface area contributed by atoms with Gasteiger partial charge in [0, 0.05) is 0 Å². The van der Waals surface area contributed by atoms with Gasteiger partial charge in [0.15, 0.2) is 11.4 Å². The summed E-state index contributed by atoms with van der Waals surface area (Å²) in [4.78, 5) is 0.0575. The van der Waals surface area contributed by atoms with Crippen LogP contribution in [0.15, 0.2) is 51.9 Å². The molecule has 0 spiro atoms. The Morgan fingerprint density at radius 2 is 1.95 bits per heavy atom. The molecule has 0 aliphatic carbocycles. The first-order valence-electron chi connectivity index (χ1n) is 6.53. The molecule has 0 bridgehead atoms. The Morgan fingerprint density at radius 3 is 2.73 bits per heavy atom. The third-order valence-corrected chi connectivity index (χ3v) is 4.58. The second-order valence-corrected chi connectivity index (χ2v) is 6.44. The van der Waals surface area contributed by atoms with Gasteiger partial charge in [0.05, 0.1) is 12.5 Å². The van der Waals surface area contributed by atoms with Crippen molar-refractivity contribution in [1.29, 1.82) is 0 Å². The highest BCUT2D eigenvalue weighted by Gasteiger charge is 2.22. The number of hydrogen-bond acceptors (Lipinski definition) is 5. The van der Waals surface area contributed by atoms with E-state index in [-0.39, 0.29) is 16.5 Å². The van der Waals surface area contributed by atoms with Crippen LogP contribution in [0.2, 0.25) is 0 Å². The van der Waals surface area contributed by atoms with E-state index in [1.54, 1.807) is 42.5 Å². The lowest BCUT2D eigenvalue weighted by Crippen LogP contribution is -2.14. The summed E-state index contributed by atoms with van der Waals surface area (Å²) in [5, 5.41) is 4.37. The Bertz CT molecular complexity index is 932. The number of rotatable bonds is 4. The third-order valence-electron chi connectivity index (χ3n) is 3.22. The number of nitrogens with zero attached hydrogens (tertiary/aromatic N) is 1. The van der Waals surface area contributed by atoms with Crippen LogP contribution < -0.4 is 9.46 Å². The maximum atomic E-state index is 12.6. The molecule has 3 aromatic rings. The number of ether oxygens (including phenoxy) is 1. The predicted molar refractivity (Wildman–Crippen MR) is 82.5 cm³/mol. The summed E-state index contributed by atoms with van der Waals surface area (Å²) in [6.45, 7) is 1.81. The Hall–Kier alpha value is -2.54. The molecule has 1 heterocycles. The van der Waals surface area contributed by atoms with Crippen LogP contribution in [0.4, 0.5) is 5.82 Å². The molecule has 0 saturated carbocycles. The number of anilines is 1. The van der Waals surface area contributed by atoms with Crippen LogP contribution in [0.1, 0.15) is 5.56 Å². The summed E-state index contributed by atoms with van der Waals surface area (Å²) in [7, 11) is -2.41. The minimum atomic E-state index is -3.84. The van der Waals surface area contributed by atoms with Crippen molar-refractivity contribution in [1.82, 2.24) is 5.16 Å². The summed E-state index contributed by atoms with van der Waals surface area (Å²) in [6.07, 6.45) is 0. The number of benzene rings is 2. The van der Waals surface area contributed by atoms with Gasteiger partial charge >= 0.3 is 0 Å². The number of hydrogen-bond donors (Lipinski definition) is 1. The average molecular weight is 318 g/mol. The standard InChI is InChI=1S/C15H14N2O4S/c1-10-7-8-13(20-2)14(9-10)22(18,19)17-15-11-5-3-4-6-12(11)21-16-15/h3-9H,1-2H3,(H,16,17). The van der Waals surface area contributed by atoms with E-state index in [1.807, 2.05) is 6.92 Å². The molecule has 3 rings (SSSR count). The maximum absolute atomic E-state index is 12.6. The minimum Gasteiger partial charge on any atom is -0.495 e. The van der Waals surface area contributed by atoms with Gasteiger partial charge in [-0.25, -0.2) is 8.42 Å². The molecule has 0 radical (unpaired) electrons. The lowest BCUT2D eigenvalue weighted by molar-refractivity contribution is 0.402.